The highest BCUT2D eigenvalue weighted by Gasteiger charge is 2.18. The summed E-state index contributed by atoms with van der Waals surface area (Å²) in [5.41, 5.74) is 9.77. The molecule has 1 aromatic carbocycles. The Morgan fingerprint density at radius 3 is 2.52 bits per heavy atom. The minimum Gasteiger partial charge on any atom is -0.338 e. The fourth-order valence-electron chi connectivity index (χ4n) is 2.71. The van der Waals surface area contributed by atoms with E-state index in [-0.39, 0.29) is 5.91 Å². The third kappa shape index (κ3) is 4.42. The van der Waals surface area contributed by atoms with Gasteiger partial charge >= 0.3 is 0 Å². The zero-order chi connectivity index (χ0) is 16.8. The Bertz CT molecular complexity index is 649. The van der Waals surface area contributed by atoms with Crippen molar-refractivity contribution >= 4 is 5.91 Å². The van der Waals surface area contributed by atoms with Crippen LogP contribution in [-0.2, 0) is 24.8 Å². The van der Waals surface area contributed by atoms with Crippen molar-refractivity contribution in [1.29, 1.82) is 0 Å². The van der Waals surface area contributed by atoms with Gasteiger partial charge in [-0.05, 0) is 32.4 Å². The Morgan fingerprint density at radius 2 is 1.96 bits per heavy atom. The predicted molar refractivity (Wildman–Crippen MR) is 91.9 cm³/mol. The van der Waals surface area contributed by atoms with Gasteiger partial charge in [0.1, 0.15) is 0 Å². The summed E-state index contributed by atoms with van der Waals surface area (Å²) in [7, 11) is 1.91. The molecule has 0 atom stereocenters. The average Bonchev–Trinajstić information content (AvgIpc) is 2.78. The molecule has 0 spiro atoms. The summed E-state index contributed by atoms with van der Waals surface area (Å²) in [6.45, 7) is 5.85. The van der Waals surface area contributed by atoms with Gasteiger partial charge in [0.25, 0.3) is 0 Å². The first-order valence-corrected chi connectivity index (χ1v) is 8.03. The van der Waals surface area contributed by atoms with E-state index in [2.05, 4.69) is 5.10 Å². The number of amides is 1. The van der Waals surface area contributed by atoms with E-state index in [9.17, 15) is 4.79 Å². The molecule has 0 aliphatic rings. The lowest BCUT2D eigenvalue weighted by Gasteiger charge is -2.23. The lowest BCUT2D eigenvalue weighted by molar-refractivity contribution is -0.131. The maximum absolute atomic E-state index is 12.8. The van der Waals surface area contributed by atoms with Gasteiger partial charge in [-0.15, -0.1) is 0 Å². The molecular weight excluding hydrogens is 288 g/mol. The molecular formula is C18H26N4O. The molecule has 2 aromatic rings. The summed E-state index contributed by atoms with van der Waals surface area (Å²) in [5.74, 6) is 0.126. The van der Waals surface area contributed by atoms with Gasteiger partial charge in [-0.3, -0.25) is 9.48 Å². The third-order valence-corrected chi connectivity index (χ3v) is 4.19. The largest absolute Gasteiger partial charge is 0.338 e. The van der Waals surface area contributed by atoms with E-state index in [0.717, 1.165) is 28.9 Å². The zero-order valence-electron chi connectivity index (χ0n) is 14.2. The quantitative estimate of drug-likeness (QED) is 0.849. The van der Waals surface area contributed by atoms with Crippen molar-refractivity contribution in [3.63, 3.8) is 0 Å². The van der Waals surface area contributed by atoms with E-state index in [1.165, 1.54) is 0 Å². The first-order chi connectivity index (χ1) is 11.0. The van der Waals surface area contributed by atoms with Gasteiger partial charge in [0.15, 0.2) is 0 Å². The molecule has 0 unspecified atom stereocenters. The molecule has 1 aromatic heterocycles. The highest BCUT2D eigenvalue weighted by molar-refractivity contribution is 5.79. The van der Waals surface area contributed by atoms with Crippen molar-refractivity contribution in [3.05, 3.63) is 52.8 Å². The number of hydrogen-bond donors (Lipinski definition) is 1. The van der Waals surface area contributed by atoms with Gasteiger partial charge in [0.2, 0.25) is 5.91 Å². The Morgan fingerprint density at radius 1 is 1.26 bits per heavy atom. The molecule has 2 N–H and O–H groups in total. The molecule has 0 saturated heterocycles. The Labute approximate surface area is 138 Å². The summed E-state index contributed by atoms with van der Waals surface area (Å²) in [6, 6.07) is 10.1. The maximum Gasteiger partial charge on any atom is 0.227 e. The molecule has 0 aliphatic carbocycles. The molecule has 0 fully saturated rings. The van der Waals surface area contributed by atoms with Crippen LogP contribution in [0.2, 0.25) is 0 Å². The fourth-order valence-corrected chi connectivity index (χ4v) is 2.71. The number of nitrogens with zero attached hydrogens (tertiary/aromatic N) is 3. The summed E-state index contributed by atoms with van der Waals surface area (Å²) < 4.78 is 1.83. The van der Waals surface area contributed by atoms with Crippen LogP contribution in [0, 0.1) is 13.8 Å². The van der Waals surface area contributed by atoms with Gasteiger partial charge in [0.05, 0.1) is 12.1 Å². The Kier molecular flexibility index (Phi) is 5.93. The van der Waals surface area contributed by atoms with Crippen LogP contribution in [0.4, 0.5) is 0 Å². The smallest absolute Gasteiger partial charge is 0.227 e. The van der Waals surface area contributed by atoms with Gasteiger partial charge in [-0.1, -0.05) is 30.3 Å². The second kappa shape index (κ2) is 7.92. The predicted octanol–water partition coefficient (Wildman–Crippen LogP) is 1.96. The number of benzene rings is 1. The van der Waals surface area contributed by atoms with E-state index < -0.39 is 0 Å². The first-order valence-electron chi connectivity index (χ1n) is 8.03. The van der Waals surface area contributed by atoms with Crippen molar-refractivity contribution in [2.75, 3.05) is 13.1 Å². The molecule has 0 radical (unpaired) electrons. The molecule has 5 nitrogen and oxygen atoms in total. The van der Waals surface area contributed by atoms with E-state index >= 15 is 0 Å². The van der Waals surface area contributed by atoms with Gasteiger partial charge in [-0.2, -0.15) is 5.10 Å². The molecule has 1 amide bonds. The van der Waals surface area contributed by atoms with Crippen LogP contribution in [0.1, 0.15) is 28.9 Å². The number of nitrogens with two attached hydrogens (primary N) is 1. The molecule has 124 valence electrons. The second-order valence-electron chi connectivity index (χ2n) is 5.89. The third-order valence-electron chi connectivity index (χ3n) is 4.19. The molecule has 2 rings (SSSR count). The van der Waals surface area contributed by atoms with Crippen LogP contribution in [0.25, 0.3) is 0 Å². The van der Waals surface area contributed by atoms with Crippen LogP contribution in [0.15, 0.2) is 30.3 Å². The summed E-state index contributed by atoms with van der Waals surface area (Å²) in [5, 5.41) is 4.40. The van der Waals surface area contributed by atoms with Crippen LogP contribution < -0.4 is 5.73 Å². The number of carbonyl (C=O) groups is 1. The number of aromatic nitrogens is 2. The van der Waals surface area contributed by atoms with Crippen LogP contribution >= 0.6 is 0 Å². The average molecular weight is 314 g/mol. The van der Waals surface area contributed by atoms with E-state index in [0.29, 0.717) is 26.1 Å². The number of carbonyl (C=O) groups excluding carboxylic acids is 1. The SMILES string of the molecule is Cc1nn(C)c(C)c1CC(=O)N(CCCN)Cc1ccccc1. The number of aryl methyl sites for hydroxylation is 2. The summed E-state index contributed by atoms with van der Waals surface area (Å²) in [4.78, 5) is 14.7. The maximum atomic E-state index is 12.8. The van der Waals surface area contributed by atoms with Crippen LogP contribution in [-0.4, -0.2) is 33.7 Å². The van der Waals surface area contributed by atoms with E-state index in [1.807, 2.05) is 60.8 Å². The second-order valence-corrected chi connectivity index (χ2v) is 5.89. The monoisotopic (exact) mass is 314 g/mol. The van der Waals surface area contributed by atoms with E-state index in [4.69, 9.17) is 5.73 Å². The molecule has 5 heteroatoms. The van der Waals surface area contributed by atoms with Crippen molar-refractivity contribution in [2.45, 2.75) is 33.2 Å². The minimum atomic E-state index is 0.126. The lowest BCUT2D eigenvalue weighted by atomic mass is 10.1. The van der Waals surface area contributed by atoms with Crippen LogP contribution in [0.3, 0.4) is 0 Å². The van der Waals surface area contributed by atoms with Crippen molar-refractivity contribution < 1.29 is 4.79 Å². The van der Waals surface area contributed by atoms with Gasteiger partial charge in [-0.25, -0.2) is 0 Å². The summed E-state index contributed by atoms with van der Waals surface area (Å²) in [6.07, 6.45) is 1.20. The summed E-state index contributed by atoms with van der Waals surface area (Å²) >= 11 is 0. The Hall–Kier alpha value is -2.14. The molecule has 0 aliphatic heterocycles. The van der Waals surface area contributed by atoms with Gasteiger partial charge < -0.3 is 10.6 Å². The fraction of sp³-hybridized carbons (Fsp3) is 0.444. The molecule has 0 bridgehead atoms. The van der Waals surface area contributed by atoms with Crippen molar-refractivity contribution in [2.24, 2.45) is 12.8 Å². The number of rotatable bonds is 7. The minimum absolute atomic E-state index is 0.126. The molecule has 1 heterocycles. The highest BCUT2D eigenvalue weighted by atomic mass is 16.2. The lowest BCUT2D eigenvalue weighted by Crippen LogP contribution is -2.34. The zero-order valence-corrected chi connectivity index (χ0v) is 14.2. The van der Waals surface area contributed by atoms with E-state index in [1.54, 1.807) is 0 Å². The standard InChI is InChI=1S/C18H26N4O/c1-14-17(15(2)21(3)20-14)12-18(23)22(11-7-10-19)13-16-8-5-4-6-9-16/h4-6,8-9H,7,10-13,19H2,1-3H3. The first kappa shape index (κ1) is 17.2. The van der Waals surface area contributed by atoms with Gasteiger partial charge in [0, 0.05) is 31.4 Å². The molecule has 0 saturated carbocycles. The normalized spacial score (nSPS) is 10.8. The van der Waals surface area contributed by atoms with Crippen molar-refractivity contribution in [3.8, 4) is 0 Å². The van der Waals surface area contributed by atoms with Crippen molar-refractivity contribution in [1.82, 2.24) is 14.7 Å². The molecule has 23 heavy (non-hydrogen) atoms. The topological polar surface area (TPSA) is 64.2 Å². The van der Waals surface area contributed by atoms with Crippen LogP contribution in [0.5, 0.6) is 0 Å². The number of hydrogen-bond acceptors (Lipinski definition) is 3. The Balaban J connectivity index is 2.12. The highest BCUT2D eigenvalue weighted by Crippen LogP contribution is 2.15.